The van der Waals surface area contributed by atoms with Gasteiger partial charge < -0.3 is 10.5 Å². The van der Waals surface area contributed by atoms with Gasteiger partial charge in [-0.15, -0.1) is 0 Å². The fraction of sp³-hybridized carbons (Fsp3) is 0.583. The SMILES string of the molecule is Cc1cc(C)nc(NC(N)=NCC2CCCO2)n1. The van der Waals surface area contributed by atoms with Gasteiger partial charge in [0.2, 0.25) is 5.95 Å². The minimum Gasteiger partial charge on any atom is -0.376 e. The topological polar surface area (TPSA) is 85.4 Å². The molecule has 3 N–H and O–H groups in total. The van der Waals surface area contributed by atoms with Crippen LogP contribution < -0.4 is 11.1 Å². The van der Waals surface area contributed by atoms with Gasteiger partial charge in [-0.2, -0.15) is 0 Å². The van der Waals surface area contributed by atoms with Crippen LogP contribution in [0.15, 0.2) is 11.1 Å². The molecule has 1 fully saturated rings. The molecular formula is C12H19N5O. The number of nitrogens with zero attached hydrogens (tertiary/aromatic N) is 3. The van der Waals surface area contributed by atoms with Gasteiger partial charge in [0.1, 0.15) is 0 Å². The van der Waals surface area contributed by atoms with Crippen molar-refractivity contribution in [1.29, 1.82) is 0 Å². The Balaban J connectivity index is 1.92. The lowest BCUT2D eigenvalue weighted by Gasteiger charge is -2.08. The van der Waals surface area contributed by atoms with Gasteiger partial charge in [0.05, 0.1) is 12.6 Å². The predicted octanol–water partition coefficient (Wildman–Crippen LogP) is 0.999. The van der Waals surface area contributed by atoms with Gasteiger partial charge in [-0.05, 0) is 32.8 Å². The van der Waals surface area contributed by atoms with Crippen molar-refractivity contribution in [2.75, 3.05) is 18.5 Å². The number of hydrogen-bond donors (Lipinski definition) is 2. The highest BCUT2D eigenvalue weighted by Gasteiger charge is 2.14. The molecule has 1 aliphatic heterocycles. The maximum Gasteiger partial charge on any atom is 0.229 e. The zero-order chi connectivity index (χ0) is 13.0. The Morgan fingerprint density at radius 2 is 2.22 bits per heavy atom. The molecule has 0 bridgehead atoms. The summed E-state index contributed by atoms with van der Waals surface area (Å²) in [6.07, 6.45) is 2.36. The molecule has 1 aromatic rings. The summed E-state index contributed by atoms with van der Waals surface area (Å²) in [4.78, 5) is 12.7. The van der Waals surface area contributed by atoms with E-state index in [1.807, 2.05) is 19.9 Å². The lowest BCUT2D eigenvalue weighted by atomic mass is 10.2. The zero-order valence-electron chi connectivity index (χ0n) is 10.8. The fourth-order valence-electron chi connectivity index (χ4n) is 1.92. The maximum atomic E-state index is 5.79. The van der Waals surface area contributed by atoms with Crippen LogP contribution in [0.25, 0.3) is 0 Å². The number of hydrogen-bond acceptors (Lipinski definition) is 4. The average Bonchev–Trinajstić information content (AvgIpc) is 2.77. The van der Waals surface area contributed by atoms with E-state index in [1.54, 1.807) is 0 Å². The van der Waals surface area contributed by atoms with Crippen LogP contribution in [0.3, 0.4) is 0 Å². The third-order valence-corrected chi connectivity index (χ3v) is 2.71. The molecule has 1 saturated heterocycles. The number of nitrogens with two attached hydrogens (primary N) is 1. The smallest absolute Gasteiger partial charge is 0.229 e. The number of aliphatic imine (C=N–C) groups is 1. The van der Waals surface area contributed by atoms with Crippen molar-refractivity contribution in [3.05, 3.63) is 17.5 Å². The Hall–Kier alpha value is -1.69. The first-order valence-corrected chi connectivity index (χ1v) is 6.14. The van der Waals surface area contributed by atoms with Crippen molar-refractivity contribution >= 4 is 11.9 Å². The monoisotopic (exact) mass is 249 g/mol. The van der Waals surface area contributed by atoms with Gasteiger partial charge in [0.15, 0.2) is 5.96 Å². The van der Waals surface area contributed by atoms with E-state index in [2.05, 4.69) is 20.3 Å². The predicted molar refractivity (Wildman–Crippen MR) is 70.6 cm³/mol. The second-order valence-corrected chi connectivity index (χ2v) is 4.46. The summed E-state index contributed by atoms with van der Waals surface area (Å²) in [6.45, 7) is 5.25. The summed E-state index contributed by atoms with van der Waals surface area (Å²) >= 11 is 0. The molecule has 0 amide bonds. The standard InChI is InChI=1S/C12H19N5O/c1-8-6-9(2)16-12(15-8)17-11(13)14-7-10-4-3-5-18-10/h6,10H,3-5,7H2,1-2H3,(H3,13,14,15,16,17). The van der Waals surface area contributed by atoms with E-state index in [0.29, 0.717) is 18.5 Å². The molecule has 1 aromatic heterocycles. The van der Waals surface area contributed by atoms with Crippen molar-refractivity contribution < 1.29 is 4.74 Å². The number of nitrogens with one attached hydrogen (secondary N) is 1. The van der Waals surface area contributed by atoms with Crippen LogP contribution in [0.4, 0.5) is 5.95 Å². The minimum absolute atomic E-state index is 0.200. The number of aryl methyl sites for hydroxylation is 2. The summed E-state index contributed by atoms with van der Waals surface area (Å²) in [5.41, 5.74) is 7.59. The third-order valence-electron chi connectivity index (χ3n) is 2.71. The molecule has 0 aliphatic carbocycles. The molecule has 1 atom stereocenters. The Kier molecular flexibility index (Phi) is 4.09. The molecule has 98 valence electrons. The van der Waals surface area contributed by atoms with Gasteiger partial charge in [-0.1, -0.05) is 0 Å². The van der Waals surface area contributed by atoms with Crippen molar-refractivity contribution in [1.82, 2.24) is 9.97 Å². The Bertz CT molecular complexity index is 420. The van der Waals surface area contributed by atoms with Crippen LogP contribution in [0.5, 0.6) is 0 Å². The first kappa shape index (κ1) is 12.8. The summed E-state index contributed by atoms with van der Waals surface area (Å²) in [5, 5.41) is 2.90. The van der Waals surface area contributed by atoms with Crippen molar-refractivity contribution in [2.45, 2.75) is 32.8 Å². The van der Waals surface area contributed by atoms with Crippen LogP contribution >= 0.6 is 0 Å². The van der Waals surface area contributed by atoms with E-state index in [9.17, 15) is 0 Å². The molecule has 0 saturated carbocycles. The lowest BCUT2D eigenvalue weighted by molar-refractivity contribution is 0.118. The molecule has 0 radical (unpaired) electrons. The molecular weight excluding hydrogens is 230 g/mol. The van der Waals surface area contributed by atoms with Gasteiger partial charge in [0, 0.05) is 18.0 Å². The number of guanidine groups is 1. The summed E-state index contributed by atoms with van der Waals surface area (Å²) in [5.74, 6) is 0.816. The van der Waals surface area contributed by atoms with Gasteiger partial charge in [-0.3, -0.25) is 10.3 Å². The molecule has 0 spiro atoms. The van der Waals surface area contributed by atoms with E-state index in [-0.39, 0.29) is 6.10 Å². The molecule has 1 aliphatic rings. The van der Waals surface area contributed by atoms with E-state index < -0.39 is 0 Å². The molecule has 1 unspecified atom stereocenters. The van der Waals surface area contributed by atoms with Crippen LogP contribution in [0.2, 0.25) is 0 Å². The summed E-state index contributed by atoms with van der Waals surface area (Å²) in [6, 6.07) is 1.91. The van der Waals surface area contributed by atoms with E-state index >= 15 is 0 Å². The molecule has 18 heavy (non-hydrogen) atoms. The van der Waals surface area contributed by atoms with Crippen LogP contribution in [-0.2, 0) is 4.74 Å². The Labute approximate surface area is 107 Å². The minimum atomic E-state index is 0.200. The van der Waals surface area contributed by atoms with Crippen LogP contribution in [0, 0.1) is 13.8 Å². The zero-order valence-corrected chi connectivity index (χ0v) is 10.8. The maximum absolute atomic E-state index is 5.79. The summed E-state index contributed by atoms with van der Waals surface area (Å²) in [7, 11) is 0. The first-order valence-electron chi connectivity index (χ1n) is 6.14. The average molecular weight is 249 g/mol. The van der Waals surface area contributed by atoms with Gasteiger partial charge >= 0.3 is 0 Å². The Morgan fingerprint density at radius 1 is 1.50 bits per heavy atom. The molecule has 6 nitrogen and oxygen atoms in total. The molecule has 6 heteroatoms. The Morgan fingerprint density at radius 3 is 2.83 bits per heavy atom. The van der Waals surface area contributed by atoms with Crippen molar-refractivity contribution in [3.63, 3.8) is 0 Å². The second kappa shape index (κ2) is 5.77. The number of rotatable bonds is 3. The van der Waals surface area contributed by atoms with E-state index in [1.165, 1.54) is 0 Å². The van der Waals surface area contributed by atoms with Crippen molar-refractivity contribution in [3.8, 4) is 0 Å². The van der Waals surface area contributed by atoms with Crippen molar-refractivity contribution in [2.24, 2.45) is 10.7 Å². The molecule has 2 rings (SSSR count). The van der Waals surface area contributed by atoms with Crippen LogP contribution in [-0.4, -0.2) is 35.2 Å². The third kappa shape index (κ3) is 3.66. The summed E-state index contributed by atoms with van der Waals surface area (Å²) < 4.78 is 5.47. The fourth-order valence-corrected chi connectivity index (χ4v) is 1.92. The normalized spacial score (nSPS) is 20.1. The molecule has 0 aromatic carbocycles. The van der Waals surface area contributed by atoms with E-state index in [0.717, 1.165) is 30.8 Å². The number of aromatic nitrogens is 2. The van der Waals surface area contributed by atoms with Gasteiger partial charge in [0.25, 0.3) is 0 Å². The van der Waals surface area contributed by atoms with Gasteiger partial charge in [-0.25, -0.2) is 9.97 Å². The number of ether oxygens (including phenoxy) is 1. The van der Waals surface area contributed by atoms with Crippen LogP contribution in [0.1, 0.15) is 24.2 Å². The quantitative estimate of drug-likeness (QED) is 0.616. The largest absolute Gasteiger partial charge is 0.376 e. The first-order chi connectivity index (χ1) is 8.63. The molecule has 2 heterocycles. The highest BCUT2D eigenvalue weighted by Crippen LogP contribution is 2.11. The number of anilines is 1. The highest BCUT2D eigenvalue weighted by molar-refractivity contribution is 5.90. The highest BCUT2D eigenvalue weighted by atomic mass is 16.5. The van der Waals surface area contributed by atoms with E-state index in [4.69, 9.17) is 10.5 Å². The second-order valence-electron chi connectivity index (χ2n) is 4.46. The lowest BCUT2D eigenvalue weighted by Crippen LogP contribution is -2.26.